The van der Waals surface area contributed by atoms with Crippen molar-refractivity contribution in [1.29, 1.82) is 0 Å². The SMILES string of the molecule is COC1CN(c2ccc([C@H](C)O)cn2)CCC1C. The highest BCUT2D eigenvalue weighted by Gasteiger charge is 2.26. The van der Waals surface area contributed by atoms with Crippen molar-refractivity contribution >= 4 is 5.82 Å². The molecule has 1 aromatic heterocycles. The second-order valence-corrected chi connectivity index (χ2v) is 5.11. The van der Waals surface area contributed by atoms with E-state index in [4.69, 9.17) is 4.74 Å². The normalized spacial score (nSPS) is 26.1. The highest BCUT2D eigenvalue weighted by Crippen LogP contribution is 2.24. The van der Waals surface area contributed by atoms with Crippen LogP contribution in [-0.2, 0) is 4.74 Å². The van der Waals surface area contributed by atoms with Gasteiger partial charge in [0, 0.05) is 26.4 Å². The van der Waals surface area contributed by atoms with E-state index in [1.165, 1.54) is 0 Å². The third kappa shape index (κ3) is 2.82. The van der Waals surface area contributed by atoms with Gasteiger partial charge in [0.05, 0.1) is 12.2 Å². The lowest BCUT2D eigenvalue weighted by molar-refractivity contribution is 0.0496. The number of ether oxygens (including phenoxy) is 1. The average Bonchev–Trinajstić information content (AvgIpc) is 2.39. The van der Waals surface area contributed by atoms with Crippen LogP contribution in [-0.4, -0.2) is 36.4 Å². The molecule has 18 heavy (non-hydrogen) atoms. The minimum atomic E-state index is -0.459. The number of hydrogen-bond acceptors (Lipinski definition) is 4. The van der Waals surface area contributed by atoms with E-state index in [9.17, 15) is 5.11 Å². The molecule has 3 atom stereocenters. The Morgan fingerprint density at radius 1 is 1.50 bits per heavy atom. The first-order valence-corrected chi connectivity index (χ1v) is 6.53. The molecule has 1 saturated heterocycles. The molecule has 4 nitrogen and oxygen atoms in total. The monoisotopic (exact) mass is 250 g/mol. The Morgan fingerprint density at radius 3 is 2.83 bits per heavy atom. The summed E-state index contributed by atoms with van der Waals surface area (Å²) in [4.78, 5) is 6.68. The van der Waals surface area contributed by atoms with Crippen LogP contribution in [0.4, 0.5) is 5.82 Å². The van der Waals surface area contributed by atoms with Crippen molar-refractivity contribution in [2.24, 2.45) is 5.92 Å². The van der Waals surface area contributed by atoms with Gasteiger partial charge in [-0.1, -0.05) is 13.0 Å². The minimum Gasteiger partial charge on any atom is -0.389 e. The molecule has 1 aromatic rings. The molecule has 0 saturated carbocycles. The predicted octanol–water partition coefficient (Wildman–Crippen LogP) is 2.00. The van der Waals surface area contributed by atoms with Crippen molar-refractivity contribution in [2.45, 2.75) is 32.5 Å². The number of rotatable bonds is 3. The number of hydrogen-bond donors (Lipinski definition) is 1. The fraction of sp³-hybridized carbons (Fsp3) is 0.643. The number of methoxy groups -OCH3 is 1. The molecule has 1 aliphatic heterocycles. The molecule has 0 aliphatic carbocycles. The molecule has 0 amide bonds. The van der Waals surface area contributed by atoms with Crippen LogP contribution in [0.25, 0.3) is 0 Å². The molecule has 0 spiro atoms. The second kappa shape index (κ2) is 5.67. The van der Waals surface area contributed by atoms with Gasteiger partial charge in [0.1, 0.15) is 5.82 Å². The Balaban J connectivity index is 2.07. The standard InChI is InChI=1S/C14H22N2O2/c1-10-6-7-16(9-13(10)18-3)14-5-4-12(8-15-14)11(2)17/h4-5,8,10-11,13,17H,6-7,9H2,1-3H3/t10?,11-,13?/m0/s1. The van der Waals surface area contributed by atoms with Crippen LogP contribution in [0.3, 0.4) is 0 Å². The lowest BCUT2D eigenvalue weighted by Crippen LogP contribution is -2.44. The molecular formula is C14H22N2O2. The van der Waals surface area contributed by atoms with Crippen molar-refractivity contribution < 1.29 is 9.84 Å². The van der Waals surface area contributed by atoms with E-state index in [0.717, 1.165) is 30.9 Å². The minimum absolute atomic E-state index is 0.275. The number of anilines is 1. The van der Waals surface area contributed by atoms with Crippen LogP contribution in [0.1, 0.15) is 31.9 Å². The van der Waals surface area contributed by atoms with E-state index in [-0.39, 0.29) is 6.10 Å². The van der Waals surface area contributed by atoms with Crippen LogP contribution in [0.2, 0.25) is 0 Å². The lowest BCUT2D eigenvalue weighted by Gasteiger charge is -2.36. The van der Waals surface area contributed by atoms with Gasteiger partial charge in [-0.15, -0.1) is 0 Å². The van der Waals surface area contributed by atoms with Crippen LogP contribution >= 0.6 is 0 Å². The second-order valence-electron chi connectivity index (χ2n) is 5.11. The fourth-order valence-corrected chi connectivity index (χ4v) is 2.38. The molecule has 1 N–H and O–H groups in total. The first-order valence-electron chi connectivity index (χ1n) is 6.53. The summed E-state index contributed by atoms with van der Waals surface area (Å²) in [6.07, 6.45) is 2.69. The number of nitrogens with zero attached hydrogens (tertiary/aromatic N) is 2. The number of aliphatic hydroxyl groups is 1. The maximum atomic E-state index is 9.47. The third-order valence-electron chi connectivity index (χ3n) is 3.77. The number of aliphatic hydroxyl groups excluding tert-OH is 1. The Morgan fingerprint density at radius 2 is 2.28 bits per heavy atom. The van der Waals surface area contributed by atoms with Crippen molar-refractivity contribution in [3.05, 3.63) is 23.9 Å². The Kier molecular flexibility index (Phi) is 4.19. The molecule has 0 aromatic carbocycles. The summed E-state index contributed by atoms with van der Waals surface area (Å²) in [7, 11) is 1.77. The molecule has 4 heteroatoms. The Labute approximate surface area is 109 Å². The van der Waals surface area contributed by atoms with Gasteiger partial charge in [-0.3, -0.25) is 0 Å². The Hall–Kier alpha value is -1.13. The first-order chi connectivity index (χ1) is 8.61. The highest BCUT2D eigenvalue weighted by molar-refractivity contribution is 5.40. The van der Waals surface area contributed by atoms with Crippen molar-refractivity contribution in [3.63, 3.8) is 0 Å². The summed E-state index contributed by atoms with van der Waals surface area (Å²) < 4.78 is 5.51. The summed E-state index contributed by atoms with van der Waals surface area (Å²) in [5, 5.41) is 9.47. The zero-order valence-electron chi connectivity index (χ0n) is 11.3. The number of piperidine rings is 1. The fourth-order valence-electron chi connectivity index (χ4n) is 2.38. The van der Waals surface area contributed by atoms with Gasteiger partial charge in [0.25, 0.3) is 0 Å². The van der Waals surface area contributed by atoms with E-state index in [0.29, 0.717) is 5.92 Å². The van der Waals surface area contributed by atoms with Gasteiger partial charge in [-0.05, 0) is 30.9 Å². The van der Waals surface area contributed by atoms with Crippen LogP contribution in [0.15, 0.2) is 18.3 Å². The van der Waals surface area contributed by atoms with Crippen molar-refractivity contribution in [2.75, 3.05) is 25.1 Å². The van der Waals surface area contributed by atoms with Gasteiger partial charge in [0.15, 0.2) is 0 Å². The maximum Gasteiger partial charge on any atom is 0.128 e. The first kappa shape index (κ1) is 13.3. The molecule has 0 bridgehead atoms. The molecule has 2 rings (SSSR count). The van der Waals surface area contributed by atoms with E-state index >= 15 is 0 Å². The molecule has 1 fully saturated rings. The predicted molar refractivity (Wildman–Crippen MR) is 71.7 cm³/mol. The summed E-state index contributed by atoms with van der Waals surface area (Å²) >= 11 is 0. The van der Waals surface area contributed by atoms with Gasteiger partial charge >= 0.3 is 0 Å². The van der Waals surface area contributed by atoms with Gasteiger partial charge in [-0.25, -0.2) is 4.98 Å². The van der Waals surface area contributed by atoms with Crippen LogP contribution < -0.4 is 4.90 Å². The summed E-state index contributed by atoms with van der Waals surface area (Å²) in [5.41, 5.74) is 0.854. The molecule has 1 aliphatic rings. The van der Waals surface area contributed by atoms with Crippen LogP contribution in [0, 0.1) is 5.92 Å². The molecule has 100 valence electrons. The molecule has 2 unspecified atom stereocenters. The number of pyridine rings is 1. The largest absolute Gasteiger partial charge is 0.389 e. The van der Waals surface area contributed by atoms with Gasteiger partial charge in [0.2, 0.25) is 0 Å². The smallest absolute Gasteiger partial charge is 0.128 e. The zero-order valence-corrected chi connectivity index (χ0v) is 11.3. The quantitative estimate of drug-likeness (QED) is 0.891. The number of aromatic nitrogens is 1. The summed E-state index contributed by atoms with van der Waals surface area (Å²) in [5.74, 6) is 1.57. The lowest BCUT2D eigenvalue weighted by atomic mass is 9.96. The van der Waals surface area contributed by atoms with E-state index < -0.39 is 6.10 Å². The molecule has 2 heterocycles. The summed E-state index contributed by atoms with van der Waals surface area (Å²) in [6.45, 7) is 5.89. The molecule has 0 radical (unpaired) electrons. The topological polar surface area (TPSA) is 45.6 Å². The van der Waals surface area contributed by atoms with Gasteiger partial charge < -0.3 is 14.7 Å². The van der Waals surface area contributed by atoms with E-state index in [1.807, 2.05) is 12.1 Å². The average molecular weight is 250 g/mol. The third-order valence-corrected chi connectivity index (χ3v) is 3.77. The Bertz CT molecular complexity index is 378. The summed E-state index contributed by atoms with van der Waals surface area (Å²) in [6, 6.07) is 3.91. The van der Waals surface area contributed by atoms with Crippen molar-refractivity contribution in [3.8, 4) is 0 Å². The zero-order chi connectivity index (χ0) is 13.1. The van der Waals surface area contributed by atoms with E-state index in [1.54, 1.807) is 20.2 Å². The van der Waals surface area contributed by atoms with E-state index in [2.05, 4.69) is 16.8 Å². The van der Waals surface area contributed by atoms with Crippen LogP contribution in [0.5, 0.6) is 0 Å². The van der Waals surface area contributed by atoms with Crippen molar-refractivity contribution in [1.82, 2.24) is 4.98 Å². The van der Waals surface area contributed by atoms with Gasteiger partial charge in [-0.2, -0.15) is 0 Å². The highest BCUT2D eigenvalue weighted by atomic mass is 16.5. The maximum absolute atomic E-state index is 9.47. The molecular weight excluding hydrogens is 228 g/mol.